The maximum atomic E-state index is 3.42. The summed E-state index contributed by atoms with van der Waals surface area (Å²) in [6.45, 7) is 0. The maximum absolute atomic E-state index is 3.42. The van der Waals surface area contributed by atoms with Crippen molar-refractivity contribution in [1.29, 1.82) is 0 Å². The summed E-state index contributed by atoms with van der Waals surface area (Å²) in [7, 11) is 0. The molecule has 4 heteroatoms. The van der Waals surface area contributed by atoms with Crippen molar-refractivity contribution in [3.05, 3.63) is 65.2 Å². The number of halogens is 3. The first-order chi connectivity index (χ1) is 7.36. The van der Waals surface area contributed by atoms with Gasteiger partial charge in [-0.2, -0.15) is 12.1 Å². The molecule has 0 nitrogen and oxygen atoms in total. The first kappa shape index (κ1) is 20.6. The fraction of sp³-hybridized carbons (Fsp3) is 0.0714. The van der Waals surface area contributed by atoms with Gasteiger partial charge in [0.05, 0.1) is 0 Å². The Labute approximate surface area is 148 Å². The van der Waals surface area contributed by atoms with Crippen molar-refractivity contribution in [2.75, 3.05) is 0 Å². The first-order valence-electron chi connectivity index (χ1n) is 4.89. The van der Waals surface area contributed by atoms with Crippen LogP contribution in [0.4, 0.5) is 0 Å². The minimum Gasteiger partial charge on any atom is -1.00 e. The van der Waals surface area contributed by atoms with Gasteiger partial charge in [0.15, 0.2) is 0 Å². The maximum Gasteiger partial charge on any atom is 4.00 e. The molecule has 3 rings (SSSR count). The molecule has 0 aliphatic heterocycles. The Morgan fingerprint density at radius 1 is 1.17 bits per heavy atom. The second kappa shape index (κ2) is 11.1. The third-order valence-corrected chi connectivity index (χ3v) is 2.63. The molecule has 0 saturated carbocycles. The smallest absolute Gasteiger partial charge is 1.00 e. The van der Waals surface area contributed by atoms with Crippen LogP contribution in [-0.2, 0) is 26.2 Å². The number of fused-ring (bicyclic) bond motifs is 1. The molecule has 1 aliphatic rings. The molecule has 2 aromatic carbocycles. The van der Waals surface area contributed by atoms with Crippen LogP contribution in [0.25, 0.3) is 10.8 Å². The molecule has 0 N–H and O–H groups in total. The van der Waals surface area contributed by atoms with Gasteiger partial charge in [0.25, 0.3) is 0 Å². The Kier molecular flexibility index (Phi) is 12.7. The Balaban J connectivity index is 0. The summed E-state index contributed by atoms with van der Waals surface area (Å²) in [5, 5.41) is 2.60. The van der Waals surface area contributed by atoms with Crippen LogP contribution in [-0.4, -0.2) is 0 Å². The van der Waals surface area contributed by atoms with Crippen LogP contribution < -0.4 is 24.8 Å². The zero-order valence-corrected chi connectivity index (χ0v) is 15.1. The van der Waals surface area contributed by atoms with Crippen molar-refractivity contribution in [3.8, 4) is 0 Å². The second-order valence-corrected chi connectivity index (χ2v) is 4.22. The van der Waals surface area contributed by atoms with Gasteiger partial charge in [-0.1, -0.05) is 26.5 Å². The molecule has 0 atom stereocenters. The van der Waals surface area contributed by atoms with E-state index in [0.29, 0.717) is 0 Å². The van der Waals surface area contributed by atoms with Gasteiger partial charge < -0.3 is 24.8 Å². The Bertz CT molecular complexity index is 460. The predicted molar refractivity (Wildman–Crippen MR) is 68.8 cm³/mol. The summed E-state index contributed by atoms with van der Waals surface area (Å²) >= 11 is 3.42. The monoisotopic (exact) mass is 418 g/mol. The van der Waals surface area contributed by atoms with Crippen LogP contribution in [0.2, 0.25) is 0 Å². The average Bonchev–Trinajstić information content (AvgIpc) is 2.87. The zero-order chi connectivity index (χ0) is 10.5. The molecule has 0 bridgehead atoms. The molecule has 2 aromatic rings. The van der Waals surface area contributed by atoms with Gasteiger partial charge in [0, 0.05) is 0 Å². The van der Waals surface area contributed by atoms with Gasteiger partial charge in [-0.3, -0.25) is 6.08 Å². The third-order valence-electron chi connectivity index (χ3n) is 2.17. The van der Waals surface area contributed by atoms with Crippen molar-refractivity contribution in [2.24, 2.45) is 0 Å². The van der Waals surface area contributed by atoms with Crippen LogP contribution >= 0.6 is 15.9 Å². The largest absolute Gasteiger partial charge is 4.00 e. The van der Waals surface area contributed by atoms with Gasteiger partial charge in [0.1, 0.15) is 0 Å². The summed E-state index contributed by atoms with van der Waals surface area (Å²) in [6, 6.07) is 12.6. The van der Waals surface area contributed by atoms with Gasteiger partial charge in [-0.15, -0.1) is 41.5 Å². The summed E-state index contributed by atoms with van der Waals surface area (Å²) in [5.74, 6) is 0. The zero-order valence-electron chi connectivity index (χ0n) is 9.54. The summed E-state index contributed by atoms with van der Waals surface area (Å²) in [4.78, 5) is 0. The van der Waals surface area contributed by atoms with E-state index < -0.39 is 0 Å². The predicted octanol–water partition coefficient (Wildman–Crippen LogP) is -1.37. The third kappa shape index (κ3) is 6.43. The van der Waals surface area contributed by atoms with E-state index in [4.69, 9.17) is 0 Å². The van der Waals surface area contributed by atoms with E-state index in [9.17, 15) is 0 Å². The molecular weight excluding hydrogens is 410 g/mol. The van der Waals surface area contributed by atoms with Crippen LogP contribution in [0.3, 0.4) is 0 Å². The molecule has 0 aromatic heterocycles. The molecule has 0 heterocycles. The number of allylic oxidation sites excluding steroid dienone is 4. The SMILES string of the molecule is Brc1cc2ccccc2[cH-]1.[C-]1=CC=CC1.[Cl-].[Cl-].[Zr+4]. The van der Waals surface area contributed by atoms with E-state index in [1.54, 1.807) is 0 Å². The Hall–Kier alpha value is 0.253. The number of hydrogen-bond donors (Lipinski definition) is 0. The summed E-state index contributed by atoms with van der Waals surface area (Å²) in [6.07, 6.45) is 10.0. The van der Waals surface area contributed by atoms with Crippen LogP contribution in [0.15, 0.2) is 59.1 Å². The van der Waals surface area contributed by atoms with Gasteiger partial charge in [-0.25, -0.2) is 12.2 Å². The number of hydrogen-bond acceptors (Lipinski definition) is 0. The van der Waals surface area contributed by atoms with Crippen molar-refractivity contribution in [3.63, 3.8) is 0 Å². The van der Waals surface area contributed by atoms with Gasteiger partial charge in [0.2, 0.25) is 0 Å². The van der Waals surface area contributed by atoms with Crippen molar-refractivity contribution < 1.29 is 51.0 Å². The fourth-order valence-corrected chi connectivity index (χ4v) is 1.95. The molecular formula is C14H11BrCl2Zr. The Morgan fingerprint density at radius 3 is 2.39 bits per heavy atom. The molecule has 0 spiro atoms. The molecule has 0 unspecified atom stereocenters. The topological polar surface area (TPSA) is 0 Å². The van der Waals surface area contributed by atoms with E-state index >= 15 is 0 Å². The van der Waals surface area contributed by atoms with E-state index in [-0.39, 0.29) is 51.0 Å². The summed E-state index contributed by atoms with van der Waals surface area (Å²) < 4.78 is 1.16. The molecule has 0 saturated heterocycles. The van der Waals surface area contributed by atoms with Crippen molar-refractivity contribution >= 4 is 26.7 Å². The van der Waals surface area contributed by atoms with Crippen LogP contribution in [0, 0.1) is 6.08 Å². The fourth-order valence-electron chi connectivity index (χ4n) is 1.45. The molecule has 92 valence electrons. The minimum atomic E-state index is 0. The van der Waals surface area contributed by atoms with E-state index in [1.807, 2.05) is 12.2 Å². The van der Waals surface area contributed by atoms with E-state index in [1.165, 1.54) is 10.8 Å². The number of rotatable bonds is 0. The van der Waals surface area contributed by atoms with E-state index in [0.717, 1.165) is 10.9 Å². The standard InChI is InChI=1S/C9H6Br.C5H5.2ClH.Zr/c10-9-5-7-3-1-2-4-8(7)6-9;1-2-4-5-3-1;;;/h1-6H;1-3H,4H2;2*1H;/q2*-1;;;+4/p-2. The van der Waals surface area contributed by atoms with Crippen molar-refractivity contribution in [2.45, 2.75) is 6.42 Å². The van der Waals surface area contributed by atoms with Crippen LogP contribution in [0.1, 0.15) is 6.42 Å². The molecule has 1 aliphatic carbocycles. The quantitative estimate of drug-likeness (QED) is 0.461. The normalized spacial score (nSPS) is 10.7. The Morgan fingerprint density at radius 2 is 1.89 bits per heavy atom. The average molecular weight is 421 g/mol. The van der Waals surface area contributed by atoms with Gasteiger partial charge in [-0.05, 0) is 0 Å². The number of benzene rings is 1. The minimum absolute atomic E-state index is 0. The first-order valence-corrected chi connectivity index (χ1v) is 5.68. The second-order valence-electron chi connectivity index (χ2n) is 3.31. The van der Waals surface area contributed by atoms with Crippen LogP contribution in [0.5, 0.6) is 0 Å². The van der Waals surface area contributed by atoms with E-state index in [2.05, 4.69) is 64.5 Å². The summed E-state index contributed by atoms with van der Waals surface area (Å²) in [5.41, 5.74) is 0. The van der Waals surface area contributed by atoms with Gasteiger partial charge >= 0.3 is 26.2 Å². The molecule has 0 radical (unpaired) electrons. The van der Waals surface area contributed by atoms with Crippen molar-refractivity contribution in [1.82, 2.24) is 0 Å². The molecule has 0 amide bonds. The molecule has 0 fully saturated rings. The molecule has 18 heavy (non-hydrogen) atoms.